The van der Waals surface area contributed by atoms with Gasteiger partial charge in [-0.05, 0) is 40.2 Å². The molecular formula is C17H31N3O. The Hall–Kier alpha value is -1.10. The van der Waals surface area contributed by atoms with Crippen molar-refractivity contribution in [2.24, 2.45) is 0 Å². The summed E-state index contributed by atoms with van der Waals surface area (Å²) < 4.78 is 5.98. The van der Waals surface area contributed by atoms with E-state index in [2.05, 4.69) is 54.3 Å². The van der Waals surface area contributed by atoms with E-state index in [0.29, 0.717) is 0 Å². The summed E-state index contributed by atoms with van der Waals surface area (Å²) in [5, 5.41) is 3.18. The molecule has 0 bridgehead atoms. The minimum Gasteiger partial charge on any atom is -0.492 e. The molecule has 0 heterocycles. The second kappa shape index (κ2) is 10.6. The first kappa shape index (κ1) is 18.0. The average Bonchev–Trinajstić information content (AvgIpc) is 2.46. The molecule has 0 amide bonds. The number of nitrogens with one attached hydrogen (secondary N) is 1. The third-order valence-corrected chi connectivity index (χ3v) is 3.41. The largest absolute Gasteiger partial charge is 0.492 e. The van der Waals surface area contributed by atoms with Crippen LogP contribution in [0.2, 0.25) is 0 Å². The Balaban J connectivity index is 2.42. The molecule has 0 fully saturated rings. The number of benzene rings is 1. The van der Waals surface area contributed by atoms with E-state index < -0.39 is 0 Å². The van der Waals surface area contributed by atoms with E-state index in [0.717, 1.165) is 45.1 Å². The molecule has 4 nitrogen and oxygen atoms in total. The van der Waals surface area contributed by atoms with Crippen molar-refractivity contribution < 1.29 is 4.74 Å². The van der Waals surface area contributed by atoms with Crippen molar-refractivity contribution >= 4 is 0 Å². The number of para-hydroxylation sites is 1. The summed E-state index contributed by atoms with van der Waals surface area (Å²) in [6.07, 6.45) is 1.18. The van der Waals surface area contributed by atoms with Crippen LogP contribution in [0.3, 0.4) is 0 Å². The number of likely N-dealkylation sites (N-methyl/N-ethyl adjacent to an activating group) is 1. The molecule has 1 N–H and O–H groups in total. The Morgan fingerprint density at radius 2 is 1.81 bits per heavy atom. The summed E-state index contributed by atoms with van der Waals surface area (Å²) in [7, 11) is 6.20. The Kier molecular flexibility index (Phi) is 9.06. The maximum atomic E-state index is 5.98. The summed E-state index contributed by atoms with van der Waals surface area (Å²) in [4.78, 5) is 4.70. The third kappa shape index (κ3) is 7.46. The summed E-state index contributed by atoms with van der Waals surface area (Å²) in [6.45, 7) is 8.12. The van der Waals surface area contributed by atoms with Crippen LogP contribution in [0.15, 0.2) is 24.3 Å². The van der Waals surface area contributed by atoms with Gasteiger partial charge in [0.1, 0.15) is 12.4 Å². The highest BCUT2D eigenvalue weighted by atomic mass is 16.5. The Labute approximate surface area is 130 Å². The van der Waals surface area contributed by atoms with E-state index in [1.807, 2.05) is 13.1 Å². The van der Waals surface area contributed by atoms with E-state index in [9.17, 15) is 0 Å². The van der Waals surface area contributed by atoms with Crippen LogP contribution in [-0.4, -0.2) is 63.7 Å². The predicted molar refractivity (Wildman–Crippen MR) is 90.0 cm³/mol. The van der Waals surface area contributed by atoms with Crippen LogP contribution in [-0.2, 0) is 6.54 Å². The second-order valence-corrected chi connectivity index (χ2v) is 5.63. The molecule has 1 aromatic rings. The van der Waals surface area contributed by atoms with Crippen molar-refractivity contribution in [1.29, 1.82) is 0 Å². The van der Waals surface area contributed by atoms with E-state index >= 15 is 0 Å². The summed E-state index contributed by atoms with van der Waals surface area (Å²) in [5.41, 5.74) is 1.22. The minimum absolute atomic E-state index is 0.744. The Morgan fingerprint density at radius 1 is 1.05 bits per heavy atom. The van der Waals surface area contributed by atoms with Gasteiger partial charge in [-0.25, -0.2) is 0 Å². The summed E-state index contributed by atoms with van der Waals surface area (Å²) >= 11 is 0. The van der Waals surface area contributed by atoms with Gasteiger partial charge in [0, 0.05) is 31.7 Å². The molecule has 4 heteroatoms. The lowest BCUT2D eigenvalue weighted by molar-refractivity contribution is 0.193. The maximum absolute atomic E-state index is 5.98. The van der Waals surface area contributed by atoms with E-state index in [1.54, 1.807) is 0 Å². The zero-order valence-corrected chi connectivity index (χ0v) is 14.1. The van der Waals surface area contributed by atoms with Gasteiger partial charge in [0.05, 0.1) is 0 Å². The Morgan fingerprint density at radius 3 is 2.48 bits per heavy atom. The monoisotopic (exact) mass is 293 g/mol. The molecule has 1 aromatic carbocycles. The standard InChI is InChI=1S/C17H31N3O/c1-5-10-20(12-11-19(3)4)13-14-21-17-9-7-6-8-16(17)15-18-2/h6-9,18H,5,10-15H2,1-4H3. The van der Waals surface area contributed by atoms with Crippen LogP contribution in [0.25, 0.3) is 0 Å². The van der Waals surface area contributed by atoms with Gasteiger partial charge in [0.15, 0.2) is 0 Å². The maximum Gasteiger partial charge on any atom is 0.123 e. The predicted octanol–water partition coefficient (Wildman–Crippen LogP) is 2.06. The molecule has 0 spiro atoms. The summed E-state index contributed by atoms with van der Waals surface area (Å²) in [6, 6.07) is 8.25. The molecule has 0 unspecified atom stereocenters. The number of ether oxygens (including phenoxy) is 1. The van der Waals surface area contributed by atoms with Crippen LogP contribution in [0.5, 0.6) is 5.75 Å². The quantitative estimate of drug-likeness (QED) is 0.676. The first-order chi connectivity index (χ1) is 10.2. The van der Waals surface area contributed by atoms with Crippen LogP contribution < -0.4 is 10.1 Å². The lowest BCUT2D eigenvalue weighted by Crippen LogP contribution is -2.35. The molecular weight excluding hydrogens is 262 g/mol. The van der Waals surface area contributed by atoms with Gasteiger partial charge in [-0.3, -0.25) is 4.90 Å². The minimum atomic E-state index is 0.744. The SMILES string of the molecule is CCCN(CCOc1ccccc1CNC)CCN(C)C. The molecule has 0 saturated carbocycles. The molecule has 1 rings (SSSR count). The van der Waals surface area contributed by atoms with Gasteiger partial charge >= 0.3 is 0 Å². The zero-order chi connectivity index (χ0) is 15.5. The van der Waals surface area contributed by atoms with E-state index in [1.165, 1.54) is 12.0 Å². The average molecular weight is 293 g/mol. The van der Waals surface area contributed by atoms with Crippen LogP contribution in [0.4, 0.5) is 0 Å². The normalized spacial score (nSPS) is 11.3. The number of hydrogen-bond donors (Lipinski definition) is 1. The summed E-state index contributed by atoms with van der Waals surface area (Å²) in [5.74, 6) is 0.996. The molecule has 0 aliphatic carbocycles. The smallest absolute Gasteiger partial charge is 0.123 e. The lowest BCUT2D eigenvalue weighted by atomic mass is 10.2. The van der Waals surface area contributed by atoms with Gasteiger partial charge in [-0.15, -0.1) is 0 Å². The molecule has 0 aliphatic heterocycles. The third-order valence-electron chi connectivity index (χ3n) is 3.41. The fraction of sp³-hybridized carbons (Fsp3) is 0.647. The van der Waals surface area contributed by atoms with E-state index in [4.69, 9.17) is 4.74 Å². The fourth-order valence-corrected chi connectivity index (χ4v) is 2.26. The fourth-order valence-electron chi connectivity index (χ4n) is 2.26. The van der Waals surface area contributed by atoms with Crippen molar-refractivity contribution in [3.05, 3.63) is 29.8 Å². The van der Waals surface area contributed by atoms with Crippen molar-refractivity contribution in [2.75, 3.05) is 53.9 Å². The van der Waals surface area contributed by atoms with Gasteiger partial charge in [-0.1, -0.05) is 25.1 Å². The topological polar surface area (TPSA) is 27.7 Å². The van der Waals surface area contributed by atoms with Gasteiger partial charge < -0.3 is 15.0 Å². The highest BCUT2D eigenvalue weighted by Crippen LogP contribution is 2.17. The molecule has 0 aliphatic rings. The van der Waals surface area contributed by atoms with Gasteiger partial charge in [-0.2, -0.15) is 0 Å². The molecule has 0 aromatic heterocycles. The number of hydrogen-bond acceptors (Lipinski definition) is 4. The van der Waals surface area contributed by atoms with E-state index in [-0.39, 0.29) is 0 Å². The highest BCUT2D eigenvalue weighted by molar-refractivity contribution is 5.33. The van der Waals surface area contributed by atoms with Crippen molar-refractivity contribution in [3.8, 4) is 5.75 Å². The number of rotatable bonds is 11. The molecule has 0 atom stereocenters. The number of nitrogens with zero attached hydrogens (tertiary/aromatic N) is 2. The van der Waals surface area contributed by atoms with Crippen molar-refractivity contribution in [1.82, 2.24) is 15.1 Å². The van der Waals surface area contributed by atoms with Crippen LogP contribution in [0, 0.1) is 0 Å². The van der Waals surface area contributed by atoms with Crippen molar-refractivity contribution in [3.63, 3.8) is 0 Å². The van der Waals surface area contributed by atoms with Gasteiger partial charge in [0.25, 0.3) is 0 Å². The molecule has 0 saturated heterocycles. The van der Waals surface area contributed by atoms with Gasteiger partial charge in [0.2, 0.25) is 0 Å². The Bertz CT molecular complexity index is 382. The molecule has 21 heavy (non-hydrogen) atoms. The first-order valence-electron chi connectivity index (χ1n) is 7.89. The highest BCUT2D eigenvalue weighted by Gasteiger charge is 2.06. The lowest BCUT2D eigenvalue weighted by Gasteiger charge is -2.23. The van der Waals surface area contributed by atoms with Crippen LogP contribution in [0.1, 0.15) is 18.9 Å². The van der Waals surface area contributed by atoms with Crippen LogP contribution >= 0.6 is 0 Å². The molecule has 120 valence electrons. The van der Waals surface area contributed by atoms with Crippen molar-refractivity contribution in [2.45, 2.75) is 19.9 Å². The zero-order valence-electron chi connectivity index (χ0n) is 14.1. The second-order valence-electron chi connectivity index (χ2n) is 5.63. The first-order valence-corrected chi connectivity index (χ1v) is 7.89. The molecule has 0 radical (unpaired) electrons.